The van der Waals surface area contributed by atoms with E-state index in [4.69, 9.17) is 4.42 Å². The van der Waals surface area contributed by atoms with Crippen molar-refractivity contribution in [2.75, 3.05) is 13.1 Å². The number of rotatable bonds is 14. The van der Waals surface area contributed by atoms with E-state index >= 15 is 0 Å². The maximum absolute atomic E-state index is 12.7. The first-order valence-electron chi connectivity index (χ1n) is 19.1. The van der Waals surface area contributed by atoms with Crippen molar-refractivity contribution in [1.29, 1.82) is 0 Å². The second kappa shape index (κ2) is 19.3. The lowest BCUT2D eigenvalue weighted by Gasteiger charge is -2.27. The lowest BCUT2D eigenvalue weighted by Crippen LogP contribution is -2.53. The Morgan fingerprint density at radius 1 is 0.745 bits per heavy atom. The number of likely N-dealkylation sites (tertiary alicyclic amines) is 2. The Hall–Kier alpha value is -5.34. The van der Waals surface area contributed by atoms with Crippen molar-refractivity contribution in [1.82, 2.24) is 40.8 Å². The third kappa shape index (κ3) is 11.3. The van der Waals surface area contributed by atoms with Crippen LogP contribution in [0.15, 0.2) is 53.5 Å². The van der Waals surface area contributed by atoms with E-state index in [0.29, 0.717) is 63.4 Å². The van der Waals surface area contributed by atoms with Crippen LogP contribution >= 0.6 is 0 Å². The summed E-state index contributed by atoms with van der Waals surface area (Å²) in [4.78, 5) is 85.7. The van der Waals surface area contributed by atoms with Gasteiger partial charge < -0.3 is 14.2 Å². The summed E-state index contributed by atoms with van der Waals surface area (Å²) in [6, 6.07) is 6.50. The summed E-state index contributed by atoms with van der Waals surface area (Å²) in [7, 11) is 0. The molecule has 0 bridgehead atoms. The highest BCUT2D eigenvalue weighted by molar-refractivity contribution is 6.38. The molecule has 0 aromatic carbocycles. The molecular weight excluding hydrogens is 704 g/mol. The van der Waals surface area contributed by atoms with Crippen molar-refractivity contribution < 1.29 is 33.2 Å². The van der Waals surface area contributed by atoms with Gasteiger partial charge in [0.25, 0.3) is 17.7 Å². The molecule has 3 aromatic heterocycles. The molecule has 55 heavy (non-hydrogen) atoms. The van der Waals surface area contributed by atoms with E-state index < -0.39 is 40.4 Å². The van der Waals surface area contributed by atoms with Gasteiger partial charge in [-0.15, -0.1) is 10.2 Å². The molecule has 15 heteroatoms. The van der Waals surface area contributed by atoms with Gasteiger partial charge in [0.2, 0.25) is 29.3 Å². The van der Waals surface area contributed by atoms with Gasteiger partial charge in [0.1, 0.15) is 12.1 Å². The third-order valence-corrected chi connectivity index (χ3v) is 10.5. The largest absolute Gasteiger partial charge is 0.423 e. The zero-order valence-electron chi connectivity index (χ0n) is 32.8. The van der Waals surface area contributed by atoms with Gasteiger partial charge in [-0.1, -0.05) is 53.7 Å². The van der Waals surface area contributed by atoms with Crippen molar-refractivity contribution in [3.63, 3.8) is 0 Å². The monoisotopic (exact) mass is 758 g/mol. The van der Waals surface area contributed by atoms with Gasteiger partial charge in [-0.3, -0.25) is 49.6 Å². The van der Waals surface area contributed by atoms with Crippen LogP contribution in [0.4, 0.5) is 0 Å². The SMILES string of the molecule is CCC(C)(C)C(=O)C(=O)N1CCC[C@H]1C(=O)NNC(=O)CCc1cccnc1.CCC(C)(C)C(=O)C(=O)N1CCC[C@H]1c1nnc(CCc2cccnc2)o1. The molecule has 2 aliphatic heterocycles. The Balaban J connectivity index is 0.000000245. The van der Waals surface area contributed by atoms with Crippen molar-refractivity contribution in [3.8, 4) is 0 Å². The minimum absolute atomic E-state index is 0.197. The minimum atomic E-state index is -0.763. The number of pyridine rings is 2. The smallest absolute Gasteiger partial charge is 0.291 e. The molecule has 5 rings (SSSR count). The highest BCUT2D eigenvalue weighted by atomic mass is 16.4. The van der Waals surface area contributed by atoms with E-state index in [2.05, 4.69) is 31.0 Å². The summed E-state index contributed by atoms with van der Waals surface area (Å²) < 4.78 is 5.81. The number of aryl methyl sites for hydroxylation is 3. The van der Waals surface area contributed by atoms with Gasteiger partial charge in [0.15, 0.2) is 0 Å². The average molecular weight is 759 g/mol. The first-order chi connectivity index (χ1) is 26.2. The molecule has 2 N–H and O–H groups in total. The normalized spacial score (nSPS) is 16.9. The van der Waals surface area contributed by atoms with Gasteiger partial charge in [0.05, 0.1) is 0 Å². The third-order valence-electron chi connectivity index (χ3n) is 10.5. The lowest BCUT2D eigenvalue weighted by molar-refractivity contribution is -0.151. The molecule has 0 saturated carbocycles. The predicted octanol–water partition coefficient (Wildman–Crippen LogP) is 4.08. The summed E-state index contributed by atoms with van der Waals surface area (Å²) in [5.41, 5.74) is 5.36. The summed E-state index contributed by atoms with van der Waals surface area (Å²) in [6.45, 7) is 11.7. The fraction of sp³-hybridized carbons (Fsp3) is 0.550. The zero-order valence-corrected chi connectivity index (χ0v) is 32.8. The maximum atomic E-state index is 12.7. The number of hydrogen-bond donors (Lipinski definition) is 2. The molecule has 3 aromatic rings. The maximum Gasteiger partial charge on any atom is 0.291 e. The lowest BCUT2D eigenvalue weighted by atomic mass is 9.84. The van der Waals surface area contributed by atoms with Gasteiger partial charge in [-0.2, -0.15) is 0 Å². The van der Waals surface area contributed by atoms with Crippen molar-refractivity contribution >= 4 is 35.2 Å². The predicted molar refractivity (Wildman–Crippen MR) is 201 cm³/mol. The molecule has 0 unspecified atom stereocenters. The van der Waals surface area contributed by atoms with Crippen LogP contribution in [0.25, 0.3) is 0 Å². The van der Waals surface area contributed by atoms with Gasteiger partial charge >= 0.3 is 0 Å². The van der Waals surface area contributed by atoms with E-state index in [-0.39, 0.29) is 24.2 Å². The minimum Gasteiger partial charge on any atom is -0.423 e. The van der Waals surface area contributed by atoms with Crippen LogP contribution in [-0.2, 0) is 48.0 Å². The first kappa shape index (κ1) is 42.4. The van der Waals surface area contributed by atoms with E-state index in [1.807, 2.05) is 52.1 Å². The molecule has 0 aliphatic carbocycles. The summed E-state index contributed by atoms with van der Waals surface area (Å²) >= 11 is 0. The van der Waals surface area contributed by atoms with Crippen molar-refractivity contribution in [2.24, 2.45) is 10.8 Å². The Bertz CT molecular complexity index is 1790. The van der Waals surface area contributed by atoms with E-state index in [9.17, 15) is 28.8 Å². The van der Waals surface area contributed by atoms with Crippen LogP contribution in [0.5, 0.6) is 0 Å². The molecule has 2 fully saturated rings. The second-order valence-electron chi connectivity index (χ2n) is 15.2. The van der Waals surface area contributed by atoms with Crippen molar-refractivity contribution in [2.45, 2.75) is 118 Å². The highest BCUT2D eigenvalue weighted by Crippen LogP contribution is 2.33. The van der Waals surface area contributed by atoms with Gasteiger partial charge in [0, 0.05) is 61.5 Å². The summed E-state index contributed by atoms with van der Waals surface area (Å²) in [5.74, 6) is -1.79. The Morgan fingerprint density at radius 3 is 1.89 bits per heavy atom. The zero-order chi connectivity index (χ0) is 40.2. The number of carbonyl (C=O) groups is 6. The molecule has 4 amide bonds. The van der Waals surface area contributed by atoms with Crippen molar-refractivity contribution in [3.05, 3.63) is 72.0 Å². The number of hydrazine groups is 1. The number of ketones is 2. The number of hydrogen-bond acceptors (Lipinski definition) is 11. The molecular formula is C40H54N8O7. The van der Waals surface area contributed by atoms with Crippen LogP contribution in [-0.4, -0.2) is 84.3 Å². The van der Waals surface area contributed by atoms with Crippen LogP contribution in [0.2, 0.25) is 0 Å². The summed E-state index contributed by atoms with van der Waals surface area (Å²) in [6.07, 6.45) is 12.8. The Labute approximate surface area is 322 Å². The fourth-order valence-corrected chi connectivity index (χ4v) is 6.09. The average Bonchev–Trinajstić information content (AvgIpc) is 4.00. The number of amides is 4. The van der Waals surface area contributed by atoms with Crippen LogP contribution in [0.1, 0.15) is 115 Å². The van der Waals surface area contributed by atoms with Crippen LogP contribution in [0.3, 0.4) is 0 Å². The molecule has 2 aliphatic rings. The molecule has 2 saturated heterocycles. The molecule has 0 spiro atoms. The van der Waals surface area contributed by atoms with E-state index in [0.717, 1.165) is 30.4 Å². The summed E-state index contributed by atoms with van der Waals surface area (Å²) in [5, 5.41) is 8.27. The quantitative estimate of drug-likeness (QED) is 0.178. The number of carbonyl (C=O) groups excluding carboxylic acids is 6. The topological polar surface area (TPSA) is 198 Å². The van der Waals surface area contributed by atoms with E-state index in [1.165, 1.54) is 4.90 Å². The molecule has 15 nitrogen and oxygen atoms in total. The molecule has 5 heterocycles. The Kier molecular flexibility index (Phi) is 14.9. The number of nitrogens with zero attached hydrogens (tertiary/aromatic N) is 6. The number of nitrogens with one attached hydrogen (secondary N) is 2. The number of aromatic nitrogens is 4. The highest BCUT2D eigenvalue weighted by Gasteiger charge is 2.42. The van der Waals surface area contributed by atoms with Crippen LogP contribution in [0, 0.1) is 10.8 Å². The standard InChI is InChI=1S/C20H28N4O4.C20H26N4O3/c1-4-20(2,3)17(26)19(28)24-12-6-8-15(24)18(27)23-22-16(25)10-9-14-7-5-11-21-13-14;1-4-20(2,3)17(25)19(26)24-12-6-8-15(24)18-23-22-16(27-18)10-9-14-7-5-11-21-13-14/h5,7,11,13,15H,4,6,8-10,12H2,1-3H3,(H,22,25)(H,23,27);5,7,11,13,15H,4,6,8-10,12H2,1-3H3/t2*15-/m00/s1. The Morgan fingerprint density at radius 2 is 1.31 bits per heavy atom. The van der Waals surface area contributed by atoms with Gasteiger partial charge in [-0.05, 0) is 74.6 Å². The van der Waals surface area contributed by atoms with E-state index in [1.54, 1.807) is 43.4 Å². The molecule has 2 atom stereocenters. The fourth-order valence-electron chi connectivity index (χ4n) is 6.09. The molecule has 296 valence electrons. The first-order valence-corrected chi connectivity index (χ1v) is 19.1. The van der Waals surface area contributed by atoms with Gasteiger partial charge in [-0.25, -0.2) is 0 Å². The second-order valence-corrected chi connectivity index (χ2v) is 15.2. The van der Waals surface area contributed by atoms with Crippen LogP contribution < -0.4 is 10.9 Å². The number of Topliss-reactive ketones (excluding diaryl/α,β-unsaturated/α-hetero) is 2. The molecule has 0 radical (unpaired) electrons.